The lowest BCUT2D eigenvalue weighted by atomic mass is 10.2. The fraction of sp³-hybridized carbons (Fsp3) is 0.0500. The van der Waals surface area contributed by atoms with Crippen LogP contribution in [-0.2, 0) is 0 Å². The number of carbonyl (C=O) groups is 1. The predicted octanol–water partition coefficient (Wildman–Crippen LogP) is 5.94. The zero-order valence-corrected chi connectivity index (χ0v) is 16.8. The Morgan fingerprint density at radius 1 is 0.893 bits per heavy atom. The van der Waals surface area contributed by atoms with Crippen LogP contribution in [-0.4, -0.2) is 20.9 Å². The van der Waals surface area contributed by atoms with Gasteiger partial charge in [-0.05, 0) is 61.0 Å². The lowest BCUT2D eigenvalue weighted by Crippen LogP contribution is -2.12. The third kappa shape index (κ3) is 3.69. The van der Waals surface area contributed by atoms with E-state index >= 15 is 0 Å². The molecule has 0 radical (unpaired) electrons. The third-order valence-corrected chi connectivity index (χ3v) is 5.17. The highest BCUT2D eigenvalue weighted by atomic mass is 35.5. The number of fused-ring (bicyclic) bond motifs is 1. The Labute approximate surface area is 175 Å². The van der Waals surface area contributed by atoms with Crippen molar-refractivity contribution >= 4 is 57.4 Å². The van der Waals surface area contributed by atoms with Gasteiger partial charge in [0, 0.05) is 15.7 Å². The van der Waals surface area contributed by atoms with Crippen LogP contribution >= 0.6 is 34.8 Å². The smallest absolute Gasteiger partial charge is 0.257 e. The molecule has 1 N–H and O–H groups in total. The highest BCUT2D eigenvalue weighted by Crippen LogP contribution is 2.24. The molecule has 140 valence electrons. The number of nitrogens with one attached hydrogen (secondary N) is 1. The van der Waals surface area contributed by atoms with Gasteiger partial charge in [-0.15, -0.1) is 10.2 Å². The first-order chi connectivity index (χ1) is 13.4. The Bertz CT molecular complexity index is 1220. The van der Waals surface area contributed by atoms with Crippen LogP contribution in [0.25, 0.3) is 16.7 Å². The molecule has 5 nitrogen and oxygen atoms in total. The van der Waals surface area contributed by atoms with E-state index in [1.807, 2.05) is 19.1 Å². The van der Waals surface area contributed by atoms with E-state index < -0.39 is 0 Å². The van der Waals surface area contributed by atoms with Crippen LogP contribution in [0, 0.1) is 6.92 Å². The molecule has 0 spiro atoms. The molecule has 28 heavy (non-hydrogen) atoms. The molecule has 4 aromatic rings. The molecule has 0 atom stereocenters. The van der Waals surface area contributed by atoms with E-state index in [4.69, 9.17) is 34.8 Å². The lowest BCUT2D eigenvalue weighted by Gasteiger charge is -2.07. The number of benzene rings is 3. The molecule has 8 heteroatoms. The third-order valence-electron chi connectivity index (χ3n) is 4.20. The Morgan fingerprint density at radius 2 is 1.68 bits per heavy atom. The second kappa shape index (κ2) is 7.43. The molecule has 0 aliphatic carbocycles. The number of hydrogen-bond donors (Lipinski definition) is 1. The maximum Gasteiger partial charge on any atom is 0.257 e. The van der Waals surface area contributed by atoms with E-state index in [1.54, 1.807) is 36.4 Å². The summed E-state index contributed by atoms with van der Waals surface area (Å²) in [5.74, 6) is -0.357. The van der Waals surface area contributed by atoms with Gasteiger partial charge in [-0.25, -0.2) is 0 Å². The van der Waals surface area contributed by atoms with E-state index in [0.717, 1.165) is 11.3 Å². The van der Waals surface area contributed by atoms with Crippen molar-refractivity contribution in [3.8, 4) is 5.69 Å². The van der Waals surface area contributed by atoms with Gasteiger partial charge in [0.2, 0.25) is 0 Å². The number of rotatable bonds is 3. The van der Waals surface area contributed by atoms with Crippen LogP contribution < -0.4 is 5.32 Å². The molecule has 1 heterocycles. The van der Waals surface area contributed by atoms with E-state index in [1.165, 1.54) is 10.9 Å². The van der Waals surface area contributed by atoms with Crippen molar-refractivity contribution in [2.75, 3.05) is 5.32 Å². The fourth-order valence-electron chi connectivity index (χ4n) is 2.68. The molecule has 0 aliphatic heterocycles. The minimum atomic E-state index is -0.357. The summed E-state index contributed by atoms with van der Waals surface area (Å²) in [5, 5.41) is 13.1. The zero-order valence-electron chi connectivity index (χ0n) is 14.6. The van der Waals surface area contributed by atoms with E-state index in [-0.39, 0.29) is 5.91 Å². The molecule has 0 bridgehead atoms. The number of anilines is 1. The molecule has 0 fully saturated rings. The summed E-state index contributed by atoms with van der Waals surface area (Å²) in [4.78, 5) is 14.0. The maximum atomic E-state index is 12.5. The Morgan fingerprint density at radius 3 is 2.46 bits per heavy atom. The number of hydrogen-bond acceptors (Lipinski definition) is 3. The topological polar surface area (TPSA) is 59.8 Å². The first kappa shape index (κ1) is 18.7. The quantitative estimate of drug-likeness (QED) is 0.436. The van der Waals surface area contributed by atoms with E-state index in [9.17, 15) is 4.79 Å². The summed E-state index contributed by atoms with van der Waals surface area (Å²) < 4.78 is 0. The molecular weight excluding hydrogens is 419 g/mol. The van der Waals surface area contributed by atoms with Crippen LogP contribution in [0.2, 0.25) is 15.1 Å². The van der Waals surface area contributed by atoms with Crippen LogP contribution in [0.1, 0.15) is 15.9 Å². The molecule has 1 aromatic heterocycles. The summed E-state index contributed by atoms with van der Waals surface area (Å²) in [6.45, 7) is 1.93. The van der Waals surface area contributed by atoms with Crippen LogP contribution in [0.4, 0.5) is 5.69 Å². The monoisotopic (exact) mass is 430 g/mol. The standard InChI is InChI=1S/C20H13Cl3N4O/c1-11-2-5-14(10-17(11)23)27-25-18-7-4-13(9-19(18)26-27)24-20(28)15-8-12(21)3-6-16(15)22/h2-10H,1H3,(H,24,28). The average Bonchev–Trinajstić information content (AvgIpc) is 3.09. The van der Waals surface area contributed by atoms with Gasteiger partial charge in [0.15, 0.2) is 0 Å². The second-order valence-electron chi connectivity index (χ2n) is 6.20. The van der Waals surface area contributed by atoms with Gasteiger partial charge in [-0.1, -0.05) is 40.9 Å². The number of nitrogens with zero attached hydrogens (tertiary/aromatic N) is 3. The molecule has 0 unspecified atom stereocenters. The summed E-state index contributed by atoms with van der Waals surface area (Å²) in [6.07, 6.45) is 0. The zero-order chi connectivity index (χ0) is 19.8. The van der Waals surface area contributed by atoms with Crippen LogP contribution in [0.3, 0.4) is 0 Å². The van der Waals surface area contributed by atoms with Crippen molar-refractivity contribution in [1.82, 2.24) is 15.0 Å². The number of amides is 1. The summed E-state index contributed by atoms with van der Waals surface area (Å²) in [6, 6.07) is 15.6. The Balaban J connectivity index is 1.63. The SMILES string of the molecule is Cc1ccc(-n2nc3ccc(NC(=O)c4cc(Cl)ccc4Cl)cc3n2)cc1Cl. The van der Waals surface area contributed by atoms with Crippen LogP contribution in [0.15, 0.2) is 54.6 Å². The molecule has 0 saturated heterocycles. The van der Waals surface area contributed by atoms with Crippen molar-refractivity contribution in [2.45, 2.75) is 6.92 Å². The van der Waals surface area contributed by atoms with Gasteiger partial charge in [0.1, 0.15) is 11.0 Å². The molecule has 0 aliphatic rings. The summed E-state index contributed by atoms with van der Waals surface area (Å²) in [7, 11) is 0. The minimum absolute atomic E-state index is 0.298. The van der Waals surface area contributed by atoms with Crippen molar-refractivity contribution < 1.29 is 4.79 Å². The summed E-state index contributed by atoms with van der Waals surface area (Å²) >= 11 is 18.2. The summed E-state index contributed by atoms with van der Waals surface area (Å²) in [5.41, 5.74) is 3.92. The lowest BCUT2D eigenvalue weighted by molar-refractivity contribution is 0.102. The normalized spacial score (nSPS) is 11.0. The highest BCUT2D eigenvalue weighted by molar-refractivity contribution is 6.36. The van der Waals surface area contributed by atoms with Gasteiger partial charge in [0.25, 0.3) is 5.91 Å². The van der Waals surface area contributed by atoms with E-state index in [0.29, 0.717) is 37.4 Å². The maximum absolute atomic E-state index is 12.5. The van der Waals surface area contributed by atoms with E-state index in [2.05, 4.69) is 15.5 Å². The fourth-order valence-corrected chi connectivity index (χ4v) is 3.23. The predicted molar refractivity (Wildman–Crippen MR) is 113 cm³/mol. The van der Waals surface area contributed by atoms with Gasteiger partial charge >= 0.3 is 0 Å². The van der Waals surface area contributed by atoms with Gasteiger partial charge in [0.05, 0.1) is 16.3 Å². The van der Waals surface area contributed by atoms with Gasteiger partial charge < -0.3 is 5.32 Å². The number of halogens is 3. The van der Waals surface area contributed by atoms with Crippen molar-refractivity contribution in [3.05, 3.63) is 80.8 Å². The Kier molecular flexibility index (Phi) is 4.98. The minimum Gasteiger partial charge on any atom is -0.322 e. The van der Waals surface area contributed by atoms with Crippen molar-refractivity contribution in [2.24, 2.45) is 0 Å². The molecule has 0 saturated carbocycles. The number of aryl methyl sites for hydroxylation is 1. The van der Waals surface area contributed by atoms with Crippen molar-refractivity contribution in [1.29, 1.82) is 0 Å². The average molecular weight is 432 g/mol. The number of carbonyl (C=O) groups excluding carboxylic acids is 1. The highest BCUT2D eigenvalue weighted by Gasteiger charge is 2.13. The molecule has 3 aromatic carbocycles. The number of aromatic nitrogens is 3. The second-order valence-corrected chi connectivity index (χ2v) is 7.46. The van der Waals surface area contributed by atoms with Crippen LogP contribution in [0.5, 0.6) is 0 Å². The van der Waals surface area contributed by atoms with Gasteiger partial charge in [-0.2, -0.15) is 4.80 Å². The Hall–Kier alpha value is -2.60. The first-order valence-corrected chi connectivity index (χ1v) is 9.44. The van der Waals surface area contributed by atoms with Gasteiger partial charge in [-0.3, -0.25) is 4.79 Å². The first-order valence-electron chi connectivity index (χ1n) is 8.31. The largest absolute Gasteiger partial charge is 0.322 e. The molecular formula is C20H13Cl3N4O. The van der Waals surface area contributed by atoms with Crippen molar-refractivity contribution in [3.63, 3.8) is 0 Å². The molecule has 4 rings (SSSR count). The molecule has 1 amide bonds.